The van der Waals surface area contributed by atoms with Gasteiger partial charge in [0.05, 0.1) is 5.69 Å². The summed E-state index contributed by atoms with van der Waals surface area (Å²) in [5.74, 6) is 1.61. The van der Waals surface area contributed by atoms with Crippen molar-refractivity contribution in [3.63, 3.8) is 0 Å². The van der Waals surface area contributed by atoms with Crippen molar-refractivity contribution < 1.29 is 0 Å². The zero-order valence-electron chi connectivity index (χ0n) is 14.0. The van der Waals surface area contributed by atoms with Gasteiger partial charge in [-0.3, -0.25) is 9.58 Å². The summed E-state index contributed by atoms with van der Waals surface area (Å²) >= 11 is 0. The van der Waals surface area contributed by atoms with Crippen molar-refractivity contribution in [1.82, 2.24) is 29.9 Å². The smallest absolute Gasteiger partial charge is 0.224 e. The van der Waals surface area contributed by atoms with Crippen LogP contribution in [0.2, 0.25) is 0 Å². The summed E-state index contributed by atoms with van der Waals surface area (Å²) in [6.07, 6.45) is 6.06. The summed E-state index contributed by atoms with van der Waals surface area (Å²) in [6, 6.07) is 2.27. The van der Waals surface area contributed by atoms with Gasteiger partial charge in [0.1, 0.15) is 5.82 Å². The van der Waals surface area contributed by atoms with Crippen LogP contribution >= 0.6 is 0 Å². The van der Waals surface area contributed by atoms with Crippen molar-refractivity contribution in [2.24, 2.45) is 7.05 Å². The highest BCUT2D eigenvalue weighted by molar-refractivity contribution is 5.41. The molecule has 1 fully saturated rings. The molecule has 2 aromatic heterocycles. The highest BCUT2D eigenvalue weighted by Gasteiger charge is 2.21. The first-order chi connectivity index (χ1) is 11.1. The number of nitrogens with one attached hydrogen (secondary N) is 1. The monoisotopic (exact) mass is 316 g/mol. The molecule has 0 amide bonds. The molecule has 0 spiro atoms. The maximum Gasteiger partial charge on any atom is 0.224 e. The van der Waals surface area contributed by atoms with Gasteiger partial charge in [-0.25, -0.2) is 4.98 Å². The Morgan fingerprint density at radius 3 is 3.00 bits per heavy atom. The van der Waals surface area contributed by atoms with Crippen molar-refractivity contribution >= 4 is 11.8 Å². The second-order valence-corrected chi connectivity index (χ2v) is 6.24. The second-order valence-electron chi connectivity index (χ2n) is 6.24. The number of hydrogen-bond donors (Lipinski definition) is 1. The minimum atomic E-state index is 0.359. The Morgan fingerprint density at radius 1 is 1.39 bits per heavy atom. The lowest BCUT2D eigenvalue weighted by molar-refractivity contribution is 0.206. The van der Waals surface area contributed by atoms with Gasteiger partial charge in [-0.1, -0.05) is 5.21 Å². The lowest BCUT2D eigenvalue weighted by Gasteiger charge is -2.32. The molecule has 0 aromatic carbocycles. The molecule has 124 valence electrons. The van der Waals surface area contributed by atoms with Gasteiger partial charge < -0.3 is 10.2 Å². The topological polar surface area (TPSA) is 75.0 Å². The van der Waals surface area contributed by atoms with E-state index in [2.05, 4.69) is 30.5 Å². The zero-order chi connectivity index (χ0) is 16.2. The molecule has 0 bridgehead atoms. The van der Waals surface area contributed by atoms with Crippen molar-refractivity contribution in [3.8, 4) is 0 Å². The third-order valence-electron chi connectivity index (χ3n) is 3.97. The fourth-order valence-electron chi connectivity index (χ4n) is 2.86. The van der Waals surface area contributed by atoms with E-state index in [1.807, 2.05) is 38.3 Å². The normalized spacial score (nSPS) is 18.8. The molecule has 8 nitrogen and oxygen atoms in total. The fourth-order valence-corrected chi connectivity index (χ4v) is 2.86. The number of hydrogen-bond acceptors (Lipinski definition) is 7. The first kappa shape index (κ1) is 15.7. The summed E-state index contributed by atoms with van der Waals surface area (Å²) in [5, 5.41) is 11.6. The number of likely N-dealkylation sites (tertiary alicyclic amines) is 1. The molecule has 1 N–H and O–H groups in total. The van der Waals surface area contributed by atoms with Gasteiger partial charge in [0, 0.05) is 52.7 Å². The van der Waals surface area contributed by atoms with Crippen LogP contribution < -0.4 is 10.2 Å². The van der Waals surface area contributed by atoms with Crippen LogP contribution in [0.5, 0.6) is 0 Å². The van der Waals surface area contributed by atoms with Crippen molar-refractivity contribution in [2.45, 2.75) is 25.4 Å². The van der Waals surface area contributed by atoms with Gasteiger partial charge in [0.2, 0.25) is 5.95 Å². The Balaban J connectivity index is 1.59. The minimum absolute atomic E-state index is 0.359. The van der Waals surface area contributed by atoms with Gasteiger partial charge in [-0.05, 0) is 25.5 Å². The van der Waals surface area contributed by atoms with Crippen LogP contribution in [0.4, 0.5) is 11.8 Å². The van der Waals surface area contributed by atoms with Gasteiger partial charge in [-0.2, -0.15) is 4.98 Å². The highest BCUT2D eigenvalue weighted by atomic mass is 15.4. The average Bonchev–Trinajstić information content (AvgIpc) is 2.93. The molecule has 1 aliphatic heterocycles. The summed E-state index contributed by atoms with van der Waals surface area (Å²) in [7, 11) is 5.86. The third-order valence-corrected chi connectivity index (χ3v) is 3.97. The van der Waals surface area contributed by atoms with Crippen LogP contribution in [-0.2, 0) is 13.6 Å². The van der Waals surface area contributed by atoms with E-state index >= 15 is 0 Å². The first-order valence-corrected chi connectivity index (χ1v) is 7.94. The number of nitrogens with zero attached hydrogens (tertiary/aromatic N) is 7. The molecule has 23 heavy (non-hydrogen) atoms. The molecule has 8 heteroatoms. The van der Waals surface area contributed by atoms with E-state index in [0.29, 0.717) is 12.0 Å². The summed E-state index contributed by atoms with van der Waals surface area (Å²) < 4.78 is 1.75. The predicted octanol–water partition coefficient (Wildman–Crippen LogP) is 0.748. The van der Waals surface area contributed by atoms with E-state index in [4.69, 9.17) is 0 Å². The van der Waals surface area contributed by atoms with E-state index in [1.165, 1.54) is 0 Å². The number of anilines is 2. The molecule has 1 atom stereocenters. The van der Waals surface area contributed by atoms with Crippen LogP contribution in [0.3, 0.4) is 0 Å². The number of rotatable bonds is 5. The van der Waals surface area contributed by atoms with E-state index in [0.717, 1.165) is 44.0 Å². The Morgan fingerprint density at radius 2 is 2.26 bits per heavy atom. The fraction of sp³-hybridized carbons (Fsp3) is 0.600. The molecule has 3 rings (SSSR count). The van der Waals surface area contributed by atoms with Gasteiger partial charge in [0.15, 0.2) is 0 Å². The van der Waals surface area contributed by atoms with E-state index in [1.54, 1.807) is 10.9 Å². The molecule has 0 saturated carbocycles. The van der Waals surface area contributed by atoms with Crippen LogP contribution in [0.15, 0.2) is 18.5 Å². The zero-order valence-corrected chi connectivity index (χ0v) is 14.0. The van der Waals surface area contributed by atoms with Crippen LogP contribution in [0.1, 0.15) is 18.5 Å². The van der Waals surface area contributed by atoms with Crippen molar-refractivity contribution in [2.75, 3.05) is 37.4 Å². The van der Waals surface area contributed by atoms with E-state index < -0.39 is 0 Å². The Labute approximate surface area is 136 Å². The SMILES string of the molecule is CN(C)c1ccnc(NC2CCCN(Cc3cn(C)nn3)C2)n1. The van der Waals surface area contributed by atoms with Gasteiger partial charge >= 0.3 is 0 Å². The van der Waals surface area contributed by atoms with Gasteiger partial charge in [0.25, 0.3) is 0 Å². The third kappa shape index (κ3) is 4.16. The number of aromatic nitrogens is 5. The van der Waals surface area contributed by atoms with Gasteiger partial charge in [-0.15, -0.1) is 5.10 Å². The standard InChI is InChI=1S/C15H24N8/c1-21(2)14-6-7-16-15(18-14)17-12-5-4-8-23(10-12)11-13-9-22(3)20-19-13/h6-7,9,12H,4-5,8,10-11H2,1-3H3,(H,16,17,18). The molecule has 1 saturated heterocycles. The molecule has 0 aliphatic carbocycles. The molecule has 0 radical (unpaired) electrons. The second kappa shape index (κ2) is 6.91. The maximum absolute atomic E-state index is 4.54. The average molecular weight is 316 g/mol. The molecule has 2 aromatic rings. The van der Waals surface area contributed by atoms with E-state index in [9.17, 15) is 0 Å². The molecular weight excluding hydrogens is 292 g/mol. The molecular formula is C15H24N8. The Bertz CT molecular complexity index is 638. The number of aryl methyl sites for hydroxylation is 1. The van der Waals surface area contributed by atoms with Crippen molar-refractivity contribution in [3.05, 3.63) is 24.2 Å². The Kier molecular flexibility index (Phi) is 4.71. The minimum Gasteiger partial charge on any atom is -0.363 e. The van der Waals surface area contributed by atoms with Crippen LogP contribution in [-0.4, -0.2) is 63.1 Å². The molecule has 1 aliphatic rings. The quantitative estimate of drug-likeness (QED) is 0.872. The van der Waals surface area contributed by atoms with Crippen molar-refractivity contribution in [1.29, 1.82) is 0 Å². The largest absolute Gasteiger partial charge is 0.363 e. The van der Waals surface area contributed by atoms with E-state index in [-0.39, 0.29) is 0 Å². The Hall–Kier alpha value is -2.22. The summed E-state index contributed by atoms with van der Waals surface area (Å²) in [4.78, 5) is 13.3. The molecule has 3 heterocycles. The molecule has 1 unspecified atom stereocenters. The highest BCUT2D eigenvalue weighted by Crippen LogP contribution is 2.16. The lowest BCUT2D eigenvalue weighted by Crippen LogP contribution is -2.42. The lowest BCUT2D eigenvalue weighted by atomic mass is 10.1. The van der Waals surface area contributed by atoms with Crippen LogP contribution in [0, 0.1) is 0 Å². The maximum atomic E-state index is 4.54. The number of piperidine rings is 1. The predicted molar refractivity (Wildman–Crippen MR) is 89.3 cm³/mol. The van der Waals surface area contributed by atoms with Crippen LogP contribution in [0.25, 0.3) is 0 Å². The summed E-state index contributed by atoms with van der Waals surface area (Å²) in [5.41, 5.74) is 1.01. The first-order valence-electron chi connectivity index (χ1n) is 7.94. The summed E-state index contributed by atoms with van der Waals surface area (Å²) in [6.45, 7) is 2.89.